The molecule has 0 bridgehead atoms. The van der Waals surface area contributed by atoms with Crippen molar-refractivity contribution in [3.8, 4) is 11.5 Å². The van der Waals surface area contributed by atoms with Gasteiger partial charge in [-0.1, -0.05) is 19.8 Å². The lowest BCUT2D eigenvalue weighted by Crippen LogP contribution is -2.26. The third kappa shape index (κ3) is 6.33. The number of aliphatic carboxylic acids is 1. The molecule has 0 aliphatic rings. The molecule has 0 unspecified atom stereocenters. The predicted molar refractivity (Wildman–Crippen MR) is 104 cm³/mol. The summed E-state index contributed by atoms with van der Waals surface area (Å²) in [6, 6.07) is 13.8. The fourth-order valence-corrected chi connectivity index (χ4v) is 2.46. The summed E-state index contributed by atoms with van der Waals surface area (Å²) in [6.07, 6.45) is 3.31. The molecule has 2 aromatic carbocycles. The number of benzene rings is 2. The van der Waals surface area contributed by atoms with Crippen LogP contribution in [0.3, 0.4) is 0 Å². The molecular weight excluding hydrogens is 346 g/mol. The van der Waals surface area contributed by atoms with Crippen LogP contribution in [0.4, 0.5) is 5.69 Å². The highest BCUT2D eigenvalue weighted by Gasteiger charge is 2.14. The zero-order valence-corrected chi connectivity index (χ0v) is 15.7. The van der Waals surface area contributed by atoms with Crippen molar-refractivity contribution in [3.63, 3.8) is 0 Å². The van der Waals surface area contributed by atoms with Crippen molar-refractivity contribution >= 4 is 17.6 Å². The molecule has 0 aliphatic heterocycles. The van der Waals surface area contributed by atoms with E-state index in [2.05, 4.69) is 6.92 Å². The summed E-state index contributed by atoms with van der Waals surface area (Å²) >= 11 is 0. The van der Waals surface area contributed by atoms with Crippen LogP contribution in [0.2, 0.25) is 0 Å². The van der Waals surface area contributed by atoms with E-state index in [9.17, 15) is 9.59 Å². The van der Waals surface area contributed by atoms with E-state index < -0.39 is 12.6 Å². The molecular formula is C21H25NO5. The normalized spacial score (nSPS) is 10.3. The molecule has 0 radical (unpaired) electrons. The second kappa shape index (κ2) is 10.2. The molecule has 1 amide bonds. The van der Waals surface area contributed by atoms with Gasteiger partial charge in [-0.25, -0.2) is 4.79 Å². The minimum Gasteiger partial charge on any atom is -0.494 e. The van der Waals surface area contributed by atoms with Crippen LogP contribution >= 0.6 is 0 Å². The highest BCUT2D eigenvalue weighted by Crippen LogP contribution is 2.21. The zero-order chi connectivity index (χ0) is 19.6. The summed E-state index contributed by atoms with van der Waals surface area (Å²) in [5.74, 6) is 0.00714. The minimum absolute atomic E-state index is 0.147. The fourth-order valence-electron chi connectivity index (χ4n) is 2.46. The standard InChI is InChI=1S/C21H25NO5/c1-3-4-5-14-26-18-10-6-16(7-11-18)21(25)22(2)17-8-12-19(13-9-17)27-15-20(23)24/h6-13H,3-5,14-15H2,1-2H3,(H,23,24). The van der Waals surface area contributed by atoms with Gasteiger partial charge in [0.15, 0.2) is 6.61 Å². The molecule has 0 saturated carbocycles. The first-order valence-electron chi connectivity index (χ1n) is 8.97. The second-order valence-electron chi connectivity index (χ2n) is 6.12. The highest BCUT2D eigenvalue weighted by molar-refractivity contribution is 6.05. The molecule has 0 aliphatic carbocycles. The topological polar surface area (TPSA) is 76.1 Å². The Labute approximate surface area is 159 Å². The van der Waals surface area contributed by atoms with Gasteiger partial charge in [-0.2, -0.15) is 0 Å². The first-order chi connectivity index (χ1) is 13.0. The van der Waals surface area contributed by atoms with Gasteiger partial charge in [0, 0.05) is 18.3 Å². The van der Waals surface area contributed by atoms with Gasteiger partial charge in [-0.15, -0.1) is 0 Å². The maximum absolute atomic E-state index is 12.6. The zero-order valence-electron chi connectivity index (χ0n) is 15.7. The Morgan fingerprint density at radius 1 is 0.926 bits per heavy atom. The Hall–Kier alpha value is -3.02. The van der Waals surface area contributed by atoms with E-state index in [1.54, 1.807) is 55.6 Å². The summed E-state index contributed by atoms with van der Waals surface area (Å²) in [7, 11) is 1.69. The van der Waals surface area contributed by atoms with Gasteiger partial charge < -0.3 is 19.5 Å². The largest absolute Gasteiger partial charge is 0.494 e. The van der Waals surface area contributed by atoms with Crippen molar-refractivity contribution in [3.05, 3.63) is 54.1 Å². The van der Waals surface area contributed by atoms with Crippen molar-refractivity contribution in [2.75, 3.05) is 25.2 Å². The third-order valence-electron chi connectivity index (χ3n) is 4.01. The van der Waals surface area contributed by atoms with Crippen molar-refractivity contribution in [1.82, 2.24) is 0 Å². The van der Waals surface area contributed by atoms with Crippen molar-refractivity contribution < 1.29 is 24.2 Å². The molecule has 2 rings (SSSR count). The number of nitrogens with zero attached hydrogens (tertiary/aromatic N) is 1. The number of rotatable bonds is 10. The summed E-state index contributed by atoms with van der Waals surface area (Å²) in [6.45, 7) is 2.42. The number of carbonyl (C=O) groups excluding carboxylic acids is 1. The molecule has 6 nitrogen and oxygen atoms in total. The summed E-state index contributed by atoms with van der Waals surface area (Å²) in [5.41, 5.74) is 1.24. The van der Waals surface area contributed by atoms with Gasteiger partial charge in [0.05, 0.1) is 6.61 Å². The number of ether oxygens (including phenoxy) is 2. The van der Waals surface area contributed by atoms with Gasteiger partial charge in [0.2, 0.25) is 0 Å². The van der Waals surface area contributed by atoms with Crippen LogP contribution in [0.5, 0.6) is 11.5 Å². The number of hydrogen-bond donors (Lipinski definition) is 1. The Morgan fingerprint density at radius 2 is 1.52 bits per heavy atom. The van der Waals surface area contributed by atoms with Crippen LogP contribution in [0.25, 0.3) is 0 Å². The monoisotopic (exact) mass is 371 g/mol. The van der Waals surface area contributed by atoms with Crippen LogP contribution < -0.4 is 14.4 Å². The predicted octanol–water partition coefficient (Wildman–Crippen LogP) is 4.00. The van der Waals surface area contributed by atoms with E-state index >= 15 is 0 Å². The average molecular weight is 371 g/mol. The Bertz CT molecular complexity index is 740. The Morgan fingerprint density at radius 3 is 2.11 bits per heavy atom. The molecule has 0 aromatic heterocycles. The Kier molecular flexibility index (Phi) is 7.67. The van der Waals surface area contributed by atoms with Gasteiger partial charge in [-0.05, 0) is 55.0 Å². The van der Waals surface area contributed by atoms with Crippen LogP contribution in [-0.4, -0.2) is 37.2 Å². The smallest absolute Gasteiger partial charge is 0.341 e. The first-order valence-corrected chi connectivity index (χ1v) is 8.97. The second-order valence-corrected chi connectivity index (χ2v) is 6.12. The summed E-state index contributed by atoms with van der Waals surface area (Å²) in [5, 5.41) is 8.62. The number of anilines is 1. The lowest BCUT2D eigenvalue weighted by atomic mass is 10.2. The molecule has 0 saturated heterocycles. The molecule has 0 spiro atoms. The van der Waals surface area contributed by atoms with Crippen LogP contribution in [-0.2, 0) is 4.79 Å². The first kappa shape index (κ1) is 20.3. The maximum atomic E-state index is 12.6. The molecule has 0 fully saturated rings. The molecule has 144 valence electrons. The van der Waals surface area contributed by atoms with E-state index in [0.29, 0.717) is 23.6 Å². The molecule has 1 N–H and O–H groups in total. The number of carboxylic acids is 1. The van der Waals surface area contributed by atoms with E-state index in [-0.39, 0.29) is 5.91 Å². The molecule has 0 heterocycles. The van der Waals surface area contributed by atoms with Crippen LogP contribution in [0.1, 0.15) is 36.5 Å². The molecule has 2 aromatic rings. The van der Waals surface area contributed by atoms with Gasteiger partial charge in [0.25, 0.3) is 5.91 Å². The van der Waals surface area contributed by atoms with Crippen molar-refractivity contribution in [2.45, 2.75) is 26.2 Å². The van der Waals surface area contributed by atoms with E-state index in [1.807, 2.05) is 0 Å². The van der Waals surface area contributed by atoms with Crippen molar-refractivity contribution in [2.24, 2.45) is 0 Å². The molecule has 6 heteroatoms. The van der Waals surface area contributed by atoms with E-state index in [4.69, 9.17) is 14.6 Å². The lowest BCUT2D eigenvalue weighted by molar-refractivity contribution is -0.139. The maximum Gasteiger partial charge on any atom is 0.341 e. The van der Waals surface area contributed by atoms with Crippen molar-refractivity contribution in [1.29, 1.82) is 0 Å². The third-order valence-corrected chi connectivity index (χ3v) is 4.01. The Balaban J connectivity index is 1.94. The van der Waals surface area contributed by atoms with Crippen LogP contribution in [0.15, 0.2) is 48.5 Å². The van der Waals surface area contributed by atoms with Crippen LogP contribution in [0, 0.1) is 0 Å². The number of unbranched alkanes of at least 4 members (excludes halogenated alkanes) is 2. The lowest BCUT2D eigenvalue weighted by Gasteiger charge is -2.18. The number of carbonyl (C=O) groups is 2. The van der Waals surface area contributed by atoms with E-state index in [1.165, 1.54) is 4.90 Å². The van der Waals surface area contributed by atoms with Gasteiger partial charge in [0.1, 0.15) is 11.5 Å². The summed E-state index contributed by atoms with van der Waals surface area (Å²) < 4.78 is 10.8. The van der Waals surface area contributed by atoms with Gasteiger partial charge >= 0.3 is 5.97 Å². The van der Waals surface area contributed by atoms with E-state index in [0.717, 1.165) is 25.0 Å². The number of amides is 1. The van der Waals surface area contributed by atoms with Gasteiger partial charge in [-0.3, -0.25) is 4.79 Å². The molecule has 0 atom stereocenters. The number of carboxylic acid groups (broad SMARTS) is 1. The quantitative estimate of drug-likeness (QED) is 0.639. The minimum atomic E-state index is -1.04. The number of hydrogen-bond acceptors (Lipinski definition) is 4. The highest BCUT2D eigenvalue weighted by atomic mass is 16.5. The average Bonchev–Trinajstić information content (AvgIpc) is 2.69. The fraction of sp³-hybridized carbons (Fsp3) is 0.333. The molecule has 27 heavy (non-hydrogen) atoms. The summed E-state index contributed by atoms with van der Waals surface area (Å²) in [4.78, 5) is 24.7. The SMILES string of the molecule is CCCCCOc1ccc(C(=O)N(C)c2ccc(OCC(=O)O)cc2)cc1.